The fourth-order valence-corrected chi connectivity index (χ4v) is 4.39. The smallest absolute Gasteiger partial charge is 0.236 e. The zero-order valence-electron chi connectivity index (χ0n) is 14.4. The summed E-state index contributed by atoms with van der Waals surface area (Å²) < 4.78 is 1.97. The molecule has 0 radical (unpaired) electrons. The SMILES string of the molecule is C=CCn1c(SCC(=O)Nc2nnc(C)s2)nnc1-c1csc(CC)c1. The largest absolute Gasteiger partial charge is 0.300 e. The lowest BCUT2D eigenvalue weighted by Gasteiger charge is -2.06. The van der Waals surface area contributed by atoms with Crippen LogP contribution in [0.25, 0.3) is 11.4 Å². The van der Waals surface area contributed by atoms with Crippen LogP contribution in [0, 0.1) is 6.92 Å². The van der Waals surface area contributed by atoms with Crippen molar-refractivity contribution in [3.05, 3.63) is 34.0 Å². The average Bonchev–Trinajstić information content (AvgIpc) is 3.33. The van der Waals surface area contributed by atoms with Crippen LogP contribution in [0.2, 0.25) is 0 Å². The lowest BCUT2D eigenvalue weighted by molar-refractivity contribution is -0.113. The first-order valence-corrected chi connectivity index (χ1v) is 10.6. The maximum Gasteiger partial charge on any atom is 0.236 e. The van der Waals surface area contributed by atoms with E-state index >= 15 is 0 Å². The first kappa shape index (κ1) is 18.7. The van der Waals surface area contributed by atoms with Gasteiger partial charge in [-0.25, -0.2) is 0 Å². The Morgan fingerprint density at radius 1 is 1.38 bits per heavy atom. The predicted molar refractivity (Wildman–Crippen MR) is 107 cm³/mol. The third kappa shape index (κ3) is 4.37. The second kappa shape index (κ2) is 8.56. The summed E-state index contributed by atoms with van der Waals surface area (Å²) in [5.41, 5.74) is 1.04. The molecule has 0 aromatic carbocycles. The number of anilines is 1. The third-order valence-electron chi connectivity index (χ3n) is 3.39. The van der Waals surface area contributed by atoms with E-state index in [0.717, 1.165) is 22.8 Å². The monoisotopic (exact) mass is 406 g/mol. The van der Waals surface area contributed by atoms with Gasteiger partial charge in [0.05, 0.1) is 5.75 Å². The van der Waals surface area contributed by atoms with E-state index in [9.17, 15) is 4.79 Å². The Morgan fingerprint density at radius 3 is 2.88 bits per heavy atom. The number of hydrogen-bond donors (Lipinski definition) is 1. The molecule has 0 atom stereocenters. The van der Waals surface area contributed by atoms with E-state index in [-0.39, 0.29) is 11.7 Å². The van der Waals surface area contributed by atoms with Crippen LogP contribution in [0.3, 0.4) is 0 Å². The zero-order valence-corrected chi connectivity index (χ0v) is 16.9. The highest BCUT2D eigenvalue weighted by atomic mass is 32.2. The number of thiophene rings is 1. The summed E-state index contributed by atoms with van der Waals surface area (Å²) >= 11 is 4.40. The highest BCUT2D eigenvalue weighted by Crippen LogP contribution is 2.28. The first-order chi connectivity index (χ1) is 12.6. The molecule has 26 heavy (non-hydrogen) atoms. The number of aromatic nitrogens is 5. The highest BCUT2D eigenvalue weighted by Gasteiger charge is 2.16. The van der Waals surface area contributed by atoms with Gasteiger partial charge in [0.1, 0.15) is 5.01 Å². The Labute approximate surface area is 163 Å². The number of carbonyl (C=O) groups is 1. The Kier molecular flexibility index (Phi) is 6.17. The van der Waals surface area contributed by atoms with E-state index in [1.54, 1.807) is 17.4 Å². The molecule has 0 unspecified atom stereocenters. The molecule has 7 nitrogen and oxygen atoms in total. The molecule has 0 aliphatic carbocycles. The normalized spacial score (nSPS) is 10.8. The molecule has 1 amide bonds. The molecular formula is C16H18N6OS3. The molecule has 0 aliphatic rings. The Bertz CT molecular complexity index is 913. The van der Waals surface area contributed by atoms with Crippen molar-refractivity contribution in [2.75, 3.05) is 11.1 Å². The summed E-state index contributed by atoms with van der Waals surface area (Å²) in [4.78, 5) is 13.4. The minimum atomic E-state index is -0.148. The number of allylic oxidation sites excluding steroid dienone is 1. The average molecular weight is 407 g/mol. The number of carbonyl (C=O) groups excluding carboxylic acids is 1. The van der Waals surface area contributed by atoms with Crippen LogP contribution in [0.1, 0.15) is 16.8 Å². The van der Waals surface area contributed by atoms with Crippen molar-refractivity contribution in [1.29, 1.82) is 0 Å². The van der Waals surface area contributed by atoms with Crippen LogP contribution in [0.15, 0.2) is 29.3 Å². The van der Waals surface area contributed by atoms with Crippen molar-refractivity contribution in [3.8, 4) is 11.4 Å². The van der Waals surface area contributed by atoms with Crippen molar-refractivity contribution < 1.29 is 4.79 Å². The maximum atomic E-state index is 12.1. The molecule has 0 fully saturated rings. The van der Waals surface area contributed by atoms with Crippen LogP contribution >= 0.6 is 34.4 Å². The summed E-state index contributed by atoms with van der Waals surface area (Å²) in [6, 6.07) is 2.13. The van der Waals surface area contributed by atoms with Crippen LogP contribution in [0.4, 0.5) is 5.13 Å². The van der Waals surface area contributed by atoms with Gasteiger partial charge in [0.15, 0.2) is 11.0 Å². The van der Waals surface area contributed by atoms with Gasteiger partial charge >= 0.3 is 0 Å². The summed E-state index contributed by atoms with van der Waals surface area (Å²) in [5.74, 6) is 0.866. The van der Waals surface area contributed by atoms with Crippen LogP contribution in [-0.4, -0.2) is 36.6 Å². The van der Waals surface area contributed by atoms with Gasteiger partial charge in [-0.15, -0.1) is 38.3 Å². The molecule has 3 rings (SSSR count). The fourth-order valence-electron chi connectivity index (χ4n) is 2.22. The van der Waals surface area contributed by atoms with E-state index in [0.29, 0.717) is 16.8 Å². The number of rotatable bonds is 8. The van der Waals surface area contributed by atoms with Crippen molar-refractivity contribution in [2.24, 2.45) is 0 Å². The zero-order chi connectivity index (χ0) is 18.5. The molecule has 3 heterocycles. The van der Waals surface area contributed by atoms with Gasteiger partial charge in [0.25, 0.3) is 0 Å². The third-order valence-corrected chi connectivity index (χ3v) is 6.20. The summed E-state index contributed by atoms with van der Waals surface area (Å²) in [6.45, 7) is 8.36. The number of nitrogens with one attached hydrogen (secondary N) is 1. The van der Waals surface area contributed by atoms with E-state index < -0.39 is 0 Å². The Hall–Kier alpha value is -2.04. The Balaban J connectivity index is 1.71. The van der Waals surface area contributed by atoms with Crippen molar-refractivity contribution in [3.63, 3.8) is 0 Å². The van der Waals surface area contributed by atoms with E-state index in [2.05, 4.69) is 50.7 Å². The molecule has 0 aliphatic heterocycles. The van der Waals surface area contributed by atoms with Crippen LogP contribution in [0.5, 0.6) is 0 Å². The molecule has 0 saturated heterocycles. The molecule has 0 saturated carbocycles. The lowest BCUT2D eigenvalue weighted by Crippen LogP contribution is -2.14. The fraction of sp³-hybridized carbons (Fsp3) is 0.312. The van der Waals surface area contributed by atoms with Gasteiger partial charge in [-0.3, -0.25) is 14.7 Å². The molecule has 3 aromatic heterocycles. The molecule has 136 valence electrons. The van der Waals surface area contributed by atoms with Gasteiger partial charge in [-0.1, -0.05) is 36.1 Å². The summed E-state index contributed by atoms with van der Waals surface area (Å²) in [7, 11) is 0. The van der Waals surface area contributed by atoms with Crippen molar-refractivity contribution in [1.82, 2.24) is 25.0 Å². The Morgan fingerprint density at radius 2 is 2.23 bits per heavy atom. The number of hydrogen-bond acceptors (Lipinski definition) is 8. The minimum Gasteiger partial charge on any atom is -0.300 e. The summed E-state index contributed by atoms with van der Waals surface area (Å²) in [5, 5.41) is 23.2. The molecule has 0 bridgehead atoms. The van der Waals surface area contributed by atoms with Gasteiger partial charge in [0.2, 0.25) is 11.0 Å². The van der Waals surface area contributed by atoms with Gasteiger partial charge in [0, 0.05) is 22.4 Å². The van der Waals surface area contributed by atoms with Crippen molar-refractivity contribution in [2.45, 2.75) is 32.0 Å². The molecule has 1 N–H and O–H groups in total. The van der Waals surface area contributed by atoms with Gasteiger partial charge in [-0.2, -0.15) is 0 Å². The summed E-state index contributed by atoms with van der Waals surface area (Å²) in [6.07, 6.45) is 2.79. The standard InChI is InChI=1S/C16H18N6OS3/c1-4-6-22-14(11-7-12(5-2)24-8-11)19-21-16(22)25-9-13(23)17-15-20-18-10(3)26-15/h4,7-8H,1,5-6,9H2,2-3H3,(H,17,20,23). The lowest BCUT2D eigenvalue weighted by atomic mass is 10.2. The van der Waals surface area contributed by atoms with Crippen LogP contribution < -0.4 is 5.32 Å². The molecule has 3 aromatic rings. The second-order valence-corrected chi connectivity index (χ2v) is 8.44. The number of thioether (sulfide) groups is 1. The number of aryl methyl sites for hydroxylation is 2. The maximum absolute atomic E-state index is 12.1. The van der Waals surface area contributed by atoms with Crippen molar-refractivity contribution >= 4 is 45.5 Å². The highest BCUT2D eigenvalue weighted by molar-refractivity contribution is 7.99. The molecule has 10 heteroatoms. The number of nitrogens with zero attached hydrogens (tertiary/aromatic N) is 5. The number of amides is 1. The minimum absolute atomic E-state index is 0.148. The van der Waals surface area contributed by atoms with Crippen LogP contribution in [-0.2, 0) is 17.8 Å². The van der Waals surface area contributed by atoms with E-state index in [1.807, 2.05) is 11.5 Å². The van der Waals surface area contributed by atoms with Gasteiger partial charge < -0.3 is 0 Å². The predicted octanol–water partition coefficient (Wildman–Crippen LogP) is 3.65. The van der Waals surface area contributed by atoms with Gasteiger partial charge in [-0.05, 0) is 19.4 Å². The topological polar surface area (TPSA) is 85.6 Å². The second-order valence-electron chi connectivity index (χ2n) is 5.32. The quantitative estimate of drug-likeness (QED) is 0.454. The first-order valence-electron chi connectivity index (χ1n) is 7.95. The molecular weight excluding hydrogens is 388 g/mol. The van der Waals surface area contributed by atoms with E-state index in [1.165, 1.54) is 28.0 Å². The van der Waals surface area contributed by atoms with E-state index in [4.69, 9.17) is 0 Å². The molecule has 0 spiro atoms.